The van der Waals surface area contributed by atoms with Crippen molar-refractivity contribution >= 4 is 29.0 Å². The fraction of sp³-hybridized carbons (Fsp3) is 0.190. The highest BCUT2D eigenvalue weighted by Gasteiger charge is 2.17. The van der Waals surface area contributed by atoms with Gasteiger partial charge in [-0.15, -0.1) is 0 Å². The van der Waals surface area contributed by atoms with Crippen LogP contribution < -0.4 is 10.6 Å². The van der Waals surface area contributed by atoms with Crippen molar-refractivity contribution in [3.63, 3.8) is 0 Å². The molecule has 1 aromatic heterocycles. The van der Waals surface area contributed by atoms with E-state index in [4.69, 9.17) is 11.6 Å². The number of nitriles is 1. The summed E-state index contributed by atoms with van der Waals surface area (Å²) < 4.78 is 1.68. The smallest absolute Gasteiger partial charge is 0.224 e. The Morgan fingerprint density at radius 2 is 2.03 bits per heavy atom. The lowest BCUT2D eigenvalue weighted by atomic mass is 10.1. The second-order valence-corrected chi connectivity index (χ2v) is 6.80. The Labute approximate surface area is 173 Å². The summed E-state index contributed by atoms with van der Waals surface area (Å²) in [5.41, 5.74) is 2.84. The molecule has 0 radical (unpaired) electrons. The number of nitrogens with one attached hydrogen (secondary N) is 2. The third-order valence-corrected chi connectivity index (χ3v) is 4.64. The number of aromatic hydroxyl groups is 1. The molecule has 0 fully saturated rings. The molecule has 0 aliphatic carbocycles. The number of phenolic OH excluding ortho intramolecular Hbond substituents is 1. The van der Waals surface area contributed by atoms with Gasteiger partial charge in [-0.2, -0.15) is 10.4 Å². The second-order valence-electron chi connectivity index (χ2n) is 6.40. The number of carbonyl (C=O) groups is 1. The fourth-order valence-electron chi connectivity index (χ4n) is 2.86. The molecule has 0 saturated carbocycles. The highest BCUT2D eigenvalue weighted by molar-refractivity contribution is 6.32. The van der Waals surface area contributed by atoms with Gasteiger partial charge in [0.2, 0.25) is 5.91 Å². The molecule has 2 aromatic carbocycles. The van der Waals surface area contributed by atoms with Gasteiger partial charge < -0.3 is 15.7 Å². The monoisotopic (exact) mass is 409 g/mol. The molecule has 3 aromatic rings. The van der Waals surface area contributed by atoms with E-state index in [-0.39, 0.29) is 28.8 Å². The highest BCUT2D eigenvalue weighted by Crippen LogP contribution is 2.34. The Balaban J connectivity index is 1.92. The molecule has 29 heavy (non-hydrogen) atoms. The number of aromatic nitrogens is 2. The largest absolute Gasteiger partial charge is 0.504 e. The van der Waals surface area contributed by atoms with Crippen LogP contribution in [0, 0.1) is 18.3 Å². The summed E-state index contributed by atoms with van der Waals surface area (Å²) in [6, 6.07) is 14.9. The molecular formula is C21H20ClN5O2. The Kier molecular flexibility index (Phi) is 6.05. The van der Waals surface area contributed by atoms with Crippen LogP contribution >= 0.6 is 11.6 Å². The number of rotatable bonds is 6. The standard InChI is InChI=1S/C21H20ClN5O2/c1-3-19(28)25-18-10-14(9-17(22)20(18)29)12-24-21-16(11-23)13(2)26-27(21)15-7-5-4-6-8-15/h4-10,24,29H,3,12H2,1-2H3,(H,25,28). The lowest BCUT2D eigenvalue weighted by Gasteiger charge is -2.13. The molecule has 1 amide bonds. The summed E-state index contributed by atoms with van der Waals surface area (Å²) in [5.74, 6) is 0.144. The maximum atomic E-state index is 11.7. The van der Waals surface area contributed by atoms with Gasteiger partial charge in [0.05, 0.1) is 22.1 Å². The molecule has 0 aliphatic rings. The van der Waals surface area contributed by atoms with Crippen molar-refractivity contribution in [3.8, 4) is 17.5 Å². The Bertz CT molecular complexity index is 1090. The SMILES string of the molecule is CCC(=O)Nc1cc(CNc2c(C#N)c(C)nn2-c2ccccc2)cc(Cl)c1O. The Morgan fingerprint density at radius 1 is 1.31 bits per heavy atom. The first-order valence-corrected chi connectivity index (χ1v) is 9.42. The molecular weight excluding hydrogens is 390 g/mol. The number of anilines is 2. The van der Waals surface area contributed by atoms with Crippen molar-refractivity contribution in [1.82, 2.24) is 9.78 Å². The van der Waals surface area contributed by atoms with E-state index in [9.17, 15) is 15.2 Å². The van der Waals surface area contributed by atoms with Gasteiger partial charge in [0.1, 0.15) is 17.5 Å². The van der Waals surface area contributed by atoms with Crippen LogP contribution in [0.25, 0.3) is 5.69 Å². The average Bonchev–Trinajstić information content (AvgIpc) is 3.05. The number of amides is 1. The average molecular weight is 410 g/mol. The molecule has 8 heteroatoms. The number of para-hydroxylation sites is 1. The molecule has 0 spiro atoms. The number of benzene rings is 2. The van der Waals surface area contributed by atoms with E-state index in [2.05, 4.69) is 21.8 Å². The number of carbonyl (C=O) groups excluding carboxylic acids is 1. The molecule has 0 saturated heterocycles. The summed E-state index contributed by atoms with van der Waals surface area (Å²) in [5, 5.41) is 30.1. The third kappa shape index (κ3) is 4.33. The van der Waals surface area contributed by atoms with Crippen molar-refractivity contribution < 1.29 is 9.90 Å². The first kappa shape index (κ1) is 20.2. The van der Waals surface area contributed by atoms with E-state index < -0.39 is 0 Å². The van der Waals surface area contributed by atoms with Gasteiger partial charge in [-0.1, -0.05) is 36.7 Å². The summed E-state index contributed by atoms with van der Waals surface area (Å²) in [6.45, 7) is 3.80. The summed E-state index contributed by atoms with van der Waals surface area (Å²) >= 11 is 6.12. The Hall–Kier alpha value is -3.50. The molecule has 0 atom stereocenters. The van der Waals surface area contributed by atoms with Crippen molar-refractivity contribution in [3.05, 3.63) is 64.3 Å². The molecule has 0 aliphatic heterocycles. The molecule has 0 unspecified atom stereocenters. The van der Waals surface area contributed by atoms with Crippen molar-refractivity contribution in [2.75, 3.05) is 10.6 Å². The van der Waals surface area contributed by atoms with E-state index in [1.54, 1.807) is 30.7 Å². The minimum Gasteiger partial charge on any atom is -0.504 e. The summed E-state index contributed by atoms with van der Waals surface area (Å²) in [4.78, 5) is 11.7. The van der Waals surface area contributed by atoms with Crippen LogP contribution in [0.2, 0.25) is 5.02 Å². The first-order valence-electron chi connectivity index (χ1n) is 9.04. The molecule has 3 N–H and O–H groups in total. The normalized spacial score (nSPS) is 10.4. The number of hydrogen-bond acceptors (Lipinski definition) is 5. The van der Waals surface area contributed by atoms with Gasteiger partial charge in [-0.25, -0.2) is 4.68 Å². The topological polar surface area (TPSA) is 103 Å². The maximum absolute atomic E-state index is 11.7. The molecule has 1 heterocycles. The second kappa shape index (κ2) is 8.67. The quantitative estimate of drug-likeness (QED) is 0.524. The zero-order chi connectivity index (χ0) is 21.0. The van der Waals surface area contributed by atoms with E-state index in [1.807, 2.05) is 30.3 Å². The number of aryl methyl sites for hydroxylation is 1. The van der Waals surface area contributed by atoms with Crippen LogP contribution in [-0.2, 0) is 11.3 Å². The van der Waals surface area contributed by atoms with E-state index >= 15 is 0 Å². The number of hydrogen-bond donors (Lipinski definition) is 3. The van der Waals surface area contributed by atoms with Crippen LogP contribution in [0.1, 0.15) is 30.2 Å². The zero-order valence-corrected chi connectivity index (χ0v) is 16.8. The first-order chi connectivity index (χ1) is 13.9. The van der Waals surface area contributed by atoms with Crippen molar-refractivity contribution in [2.24, 2.45) is 0 Å². The minimum absolute atomic E-state index is 0.129. The zero-order valence-electron chi connectivity index (χ0n) is 16.0. The van der Waals surface area contributed by atoms with Crippen LogP contribution in [0.15, 0.2) is 42.5 Å². The van der Waals surface area contributed by atoms with E-state index in [0.29, 0.717) is 23.6 Å². The number of phenols is 1. The number of nitrogens with zero attached hydrogens (tertiary/aromatic N) is 3. The predicted octanol–water partition coefficient (Wildman–Crippen LogP) is 4.37. The maximum Gasteiger partial charge on any atom is 0.224 e. The molecule has 148 valence electrons. The summed E-state index contributed by atoms with van der Waals surface area (Å²) in [6.07, 6.45) is 0.278. The van der Waals surface area contributed by atoms with Gasteiger partial charge >= 0.3 is 0 Å². The van der Waals surface area contributed by atoms with Crippen molar-refractivity contribution in [2.45, 2.75) is 26.8 Å². The fourth-order valence-corrected chi connectivity index (χ4v) is 3.10. The molecule has 3 rings (SSSR count). The summed E-state index contributed by atoms with van der Waals surface area (Å²) in [7, 11) is 0. The molecule has 0 bridgehead atoms. The molecule has 7 nitrogen and oxygen atoms in total. The van der Waals surface area contributed by atoms with Gasteiger partial charge in [0, 0.05) is 13.0 Å². The van der Waals surface area contributed by atoms with Crippen LogP contribution in [0.4, 0.5) is 11.5 Å². The Morgan fingerprint density at radius 3 is 2.69 bits per heavy atom. The predicted molar refractivity (Wildman–Crippen MR) is 112 cm³/mol. The lowest BCUT2D eigenvalue weighted by Crippen LogP contribution is -2.11. The van der Waals surface area contributed by atoms with Gasteiger partial charge in [0.15, 0.2) is 5.75 Å². The van der Waals surface area contributed by atoms with Gasteiger partial charge in [0.25, 0.3) is 0 Å². The lowest BCUT2D eigenvalue weighted by molar-refractivity contribution is -0.115. The van der Waals surface area contributed by atoms with Gasteiger partial charge in [-0.05, 0) is 36.8 Å². The van der Waals surface area contributed by atoms with Crippen LogP contribution in [0.5, 0.6) is 5.75 Å². The number of halogens is 1. The minimum atomic E-state index is -0.231. The van der Waals surface area contributed by atoms with Crippen LogP contribution in [-0.4, -0.2) is 20.8 Å². The van der Waals surface area contributed by atoms with Gasteiger partial charge in [-0.3, -0.25) is 4.79 Å². The van der Waals surface area contributed by atoms with E-state index in [0.717, 1.165) is 11.3 Å². The highest BCUT2D eigenvalue weighted by atomic mass is 35.5. The van der Waals surface area contributed by atoms with Crippen molar-refractivity contribution in [1.29, 1.82) is 5.26 Å². The third-order valence-electron chi connectivity index (χ3n) is 4.35. The van der Waals surface area contributed by atoms with Crippen LogP contribution in [0.3, 0.4) is 0 Å². The van der Waals surface area contributed by atoms with E-state index in [1.165, 1.54) is 0 Å².